The maximum absolute atomic E-state index is 5.62. The molecule has 0 bridgehead atoms. The van der Waals surface area contributed by atoms with Crippen molar-refractivity contribution in [3.05, 3.63) is 23.7 Å². The van der Waals surface area contributed by atoms with Crippen LogP contribution in [0.1, 0.15) is 18.4 Å². The number of nitrogens with one attached hydrogen (secondary N) is 2. The van der Waals surface area contributed by atoms with Crippen LogP contribution in [-0.2, 0) is 5.54 Å². The fourth-order valence-electron chi connectivity index (χ4n) is 1.73. The Morgan fingerprint density at radius 1 is 1.38 bits per heavy atom. The average Bonchev–Trinajstić information content (AvgIpc) is 2.54. The van der Waals surface area contributed by atoms with Gasteiger partial charge >= 0.3 is 0 Å². The van der Waals surface area contributed by atoms with Gasteiger partial charge in [0.15, 0.2) is 0 Å². The van der Waals surface area contributed by atoms with Gasteiger partial charge in [0.25, 0.3) is 0 Å². The Morgan fingerprint density at radius 2 is 2.23 bits per heavy atom. The van der Waals surface area contributed by atoms with Crippen molar-refractivity contribution in [3.63, 3.8) is 0 Å². The summed E-state index contributed by atoms with van der Waals surface area (Å²) in [6.45, 7) is 7.10. The Kier molecular flexibility index (Phi) is 2.14. The molecule has 2 N–H and O–H groups in total. The fraction of sp³-hybridized carbons (Fsp3) is 0.600. The molecule has 2 heterocycles. The summed E-state index contributed by atoms with van der Waals surface area (Å²) in [5, 5.41) is 6.83. The lowest BCUT2D eigenvalue weighted by Crippen LogP contribution is -2.54. The summed E-state index contributed by atoms with van der Waals surface area (Å²) >= 11 is 0. The van der Waals surface area contributed by atoms with E-state index in [2.05, 4.69) is 23.6 Å². The maximum atomic E-state index is 5.62. The minimum absolute atomic E-state index is 0.0352. The van der Waals surface area contributed by atoms with Crippen molar-refractivity contribution < 1.29 is 4.42 Å². The summed E-state index contributed by atoms with van der Waals surface area (Å²) in [6.07, 6.45) is 0. The van der Waals surface area contributed by atoms with Gasteiger partial charge in [-0.25, -0.2) is 0 Å². The van der Waals surface area contributed by atoms with Gasteiger partial charge in [0.1, 0.15) is 11.5 Å². The summed E-state index contributed by atoms with van der Waals surface area (Å²) in [5.74, 6) is 2.00. The Morgan fingerprint density at radius 3 is 2.77 bits per heavy atom. The van der Waals surface area contributed by atoms with Crippen LogP contribution >= 0.6 is 0 Å². The summed E-state index contributed by atoms with van der Waals surface area (Å²) in [5.41, 5.74) is -0.0352. The van der Waals surface area contributed by atoms with E-state index in [1.165, 1.54) is 0 Å². The Labute approximate surface area is 78.5 Å². The molecule has 0 spiro atoms. The van der Waals surface area contributed by atoms with Crippen molar-refractivity contribution in [3.8, 4) is 0 Å². The molecule has 2 rings (SSSR count). The fourth-order valence-corrected chi connectivity index (χ4v) is 1.73. The molecule has 1 unspecified atom stereocenters. The number of aryl methyl sites for hydroxylation is 1. The monoisotopic (exact) mass is 180 g/mol. The summed E-state index contributed by atoms with van der Waals surface area (Å²) in [4.78, 5) is 0. The molecule has 1 fully saturated rings. The second kappa shape index (κ2) is 3.16. The van der Waals surface area contributed by atoms with E-state index in [9.17, 15) is 0 Å². The van der Waals surface area contributed by atoms with Gasteiger partial charge in [0, 0.05) is 19.6 Å². The first kappa shape index (κ1) is 8.78. The van der Waals surface area contributed by atoms with E-state index >= 15 is 0 Å². The second-order valence-corrected chi connectivity index (χ2v) is 3.85. The Bertz CT molecular complexity index is 287. The highest BCUT2D eigenvalue weighted by Gasteiger charge is 2.30. The van der Waals surface area contributed by atoms with Gasteiger partial charge in [-0.15, -0.1) is 0 Å². The third-order valence-corrected chi connectivity index (χ3v) is 2.58. The van der Waals surface area contributed by atoms with Gasteiger partial charge in [0.05, 0.1) is 5.54 Å². The van der Waals surface area contributed by atoms with Crippen molar-refractivity contribution in [2.45, 2.75) is 19.4 Å². The molecule has 13 heavy (non-hydrogen) atoms. The highest BCUT2D eigenvalue weighted by atomic mass is 16.3. The zero-order valence-corrected chi connectivity index (χ0v) is 8.18. The maximum Gasteiger partial charge on any atom is 0.125 e. The van der Waals surface area contributed by atoms with Gasteiger partial charge in [-0.05, 0) is 26.0 Å². The van der Waals surface area contributed by atoms with Crippen LogP contribution in [0.5, 0.6) is 0 Å². The summed E-state index contributed by atoms with van der Waals surface area (Å²) in [6, 6.07) is 4.06. The highest BCUT2D eigenvalue weighted by molar-refractivity contribution is 5.16. The minimum atomic E-state index is -0.0352. The van der Waals surface area contributed by atoms with Crippen molar-refractivity contribution >= 4 is 0 Å². The van der Waals surface area contributed by atoms with Gasteiger partial charge in [0.2, 0.25) is 0 Å². The SMILES string of the molecule is Cc1ccc(C2(C)CNCCN2)o1. The lowest BCUT2D eigenvalue weighted by molar-refractivity contribution is 0.250. The van der Waals surface area contributed by atoms with E-state index < -0.39 is 0 Å². The van der Waals surface area contributed by atoms with Crippen LogP contribution in [0.4, 0.5) is 0 Å². The molecular weight excluding hydrogens is 164 g/mol. The average molecular weight is 180 g/mol. The molecule has 0 radical (unpaired) electrons. The van der Waals surface area contributed by atoms with Crippen LogP contribution in [0.15, 0.2) is 16.5 Å². The first-order valence-electron chi connectivity index (χ1n) is 4.73. The lowest BCUT2D eigenvalue weighted by atomic mass is 9.97. The van der Waals surface area contributed by atoms with Crippen molar-refractivity contribution in [1.82, 2.24) is 10.6 Å². The molecule has 1 aromatic heterocycles. The molecule has 1 atom stereocenters. The predicted octanol–water partition coefficient (Wildman–Crippen LogP) is 0.996. The number of piperazine rings is 1. The standard InChI is InChI=1S/C10H16N2O/c1-8-3-4-9(13-8)10(2)7-11-5-6-12-10/h3-4,11-12H,5-7H2,1-2H3. The van der Waals surface area contributed by atoms with Crippen LogP contribution in [0, 0.1) is 6.92 Å². The van der Waals surface area contributed by atoms with Gasteiger partial charge in [-0.3, -0.25) is 0 Å². The van der Waals surface area contributed by atoms with Crippen LogP contribution in [0.25, 0.3) is 0 Å². The largest absolute Gasteiger partial charge is 0.464 e. The van der Waals surface area contributed by atoms with Crippen LogP contribution in [0.3, 0.4) is 0 Å². The highest BCUT2D eigenvalue weighted by Crippen LogP contribution is 2.23. The molecule has 3 nitrogen and oxygen atoms in total. The minimum Gasteiger partial charge on any atom is -0.464 e. The quantitative estimate of drug-likeness (QED) is 0.677. The molecule has 0 aliphatic carbocycles. The predicted molar refractivity (Wildman–Crippen MR) is 51.7 cm³/mol. The number of furan rings is 1. The molecule has 72 valence electrons. The van der Waals surface area contributed by atoms with Crippen LogP contribution in [0.2, 0.25) is 0 Å². The summed E-state index contributed by atoms with van der Waals surface area (Å²) < 4.78 is 5.62. The van der Waals surface area contributed by atoms with E-state index in [0.717, 1.165) is 31.2 Å². The number of hydrogen-bond donors (Lipinski definition) is 2. The molecule has 0 aromatic carbocycles. The Balaban J connectivity index is 2.22. The van der Waals surface area contributed by atoms with E-state index in [0.29, 0.717) is 0 Å². The van der Waals surface area contributed by atoms with Crippen molar-refractivity contribution in [2.75, 3.05) is 19.6 Å². The van der Waals surface area contributed by atoms with E-state index in [4.69, 9.17) is 4.42 Å². The molecule has 0 amide bonds. The third-order valence-electron chi connectivity index (χ3n) is 2.58. The van der Waals surface area contributed by atoms with Gasteiger partial charge in [-0.2, -0.15) is 0 Å². The Hall–Kier alpha value is -0.800. The topological polar surface area (TPSA) is 37.2 Å². The van der Waals surface area contributed by atoms with E-state index in [-0.39, 0.29) is 5.54 Å². The normalized spacial score (nSPS) is 29.1. The van der Waals surface area contributed by atoms with E-state index in [1.807, 2.05) is 13.0 Å². The molecule has 1 aromatic rings. The number of rotatable bonds is 1. The molecule has 1 aliphatic rings. The van der Waals surface area contributed by atoms with E-state index in [1.54, 1.807) is 0 Å². The third kappa shape index (κ3) is 1.62. The molecular formula is C10H16N2O. The lowest BCUT2D eigenvalue weighted by Gasteiger charge is -2.33. The zero-order chi connectivity index (χ0) is 9.31. The van der Waals surface area contributed by atoms with Crippen molar-refractivity contribution in [1.29, 1.82) is 0 Å². The summed E-state index contributed by atoms with van der Waals surface area (Å²) in [7, 11) is 0. The first-order valence-corrected chi connectivity index (χ1v) is 4.73. The van der Waals surface area contributed by atoms with Gasteiger partial charge in [-0.1, -0.05) is 0 Å². The van der Waals surface area contributed by atoms with Crippen LogP contribution in [-0.4, -0.2) is 19.6 Å². The first-order chi connectivity index (χ1) is 6.21. The van der Waals surface area contributed by atoms with Crippen LogP contribution < -0.4 is 10.6 Å². The smallest absolute Gasteiger partial charge is 0.125 e. The molecule has 0 saturated carbocycles. The molecule has 3 heteroatoms. The zero-order valence-electron chi connectivity index (χ0n) is 8.18. The molecule has 1 aliphatic heterocycles. The van der Waals surface area contributed by atoms with Gasteiger partial charge < -0.3 is 15.1 Å². The number of hydrogen-bond acceptors (Lipinski definition) is 3. The molecule has 1 saturated heterocycles. The van der Waals surface area contributed by atoms with Crippen molar-refractivity contribution in [2.24, 2.45) is 0 Å². The second-order valence-electron chi connectivity index (χ2n) is 3.85.